The maximum atomic E-state index is 14.4. The van der Waals surface area contributed by atoms with Crippen molar-refractivity contribution in [2.75, 3.05) is 0 Å². The summed E-state index contributed by atoms with van der Waals surface area (Å²) < 4.78 is 155. The molecule has 16 nitrogen and oxygen atoms in total. The van der Waals surface area contributed by atoms with Gasteiger partial charge in [0.05, 0.1) is 29.2 Å². The number of nitrogens with zero attached hydrogens (tertiary/aromatic N) is 1. The van der Waals surface area contributed by atoms with Crippen molar-refractivity contribution >= 4 is 104 Å². The summed E-state index contributed by atoms with van der Waals surface area (Å²) in [5.74, 6) is 1.14. The number of benzene rings is 7. The summed E-state index contributed by atoms with van der Waals surface area (Å²) in [6.07, 6.45) is 7.42. The van der Waals surface area contributed by atoms with Gasteiger partial charge in [-0.2, -0.15) is 0 Å². The second-order valence-electron chi connectivity index (χ2n) is 33.8. The van der Waals surface area contributed by atoms with Gasteiger partial charge in [-0.1, -0.05) is 136 Å². The number of hydrogen-bond acceptors (Lipinski definition) is 12. The van der Waals surface area contributed by atoms with Crippen molar-refractivity contribution in [3.8, 4) is 0 Å². The van der Waals surface area contributed by atoms with E-state index in [0.29, 0.717) is 49.1 Å². The van der Waals surface area contributed by atoms with Crippen molar-refractivity contribution < 1.29 is 46.5 Å². The van der Waals surface area contributed by atoms with E-state index in [2.05, 4.69) is 84.0 Å². The molecule has 10 rings (SSSR count). The second-order valence-corrected chi connectivity index (χ2v) is 42.9. The van der Waals surface area contributed by atoms with Gasteiger partial charge < -0.3 is 0 Å². The lowest BCUT2D eigenvalue weighted by Crippen LogP contribution is -2.41. The molecule has 0 fully saturated rings. The van der Waals surface area contributed by atoms with Crippen LogP contribution in [0.1, 0.15) is 254 Å². The Bertz CT molecular complexity index is 5040. The predicted octanol–water partition coefficient (Wildman–Crippen LogP) is 19.5. The summed E-state index contributed by atoms with van der Waals surface area (Å²) in [6, 6.07) is 34.2. The number of fused-ring (bicyclic) bond motifs is 5. The first-order valence-corrected chi connectivity index (χ1v) is 44.2. The van der Waals surface area contributed by atoms with Gasteiger partial charge in [0.2, 0.25) is 50.1 Å². The van der Waals surface area contributed by atoms with Crippen molar-refractivity contribution in [1.29, 1.82) is 0 Å². The highest BCUT2D eigenvalue weighted by Crippen LogP contribution is 2.39. The Morgan fingerprint density at radius 1 is 0.343 bits per heavy atom. The standard InChI is InChI=1S/C17H22FNO2S.C17H27NO2S.C17H23NO2S.C16H22N2O2S.C15H21NO2S2/c1-11(2)12-9-10-15(22(20,21)19-17(3,4)5)16-13(12)7-6-8-14(16)18;2*1-12(2)13-10-11-16(15-9-7-6-8-14(13)15)21(19,20)18-17(3,4)5;1-11(2)12-6-7-15(14-10-17-9-8-13(12)14)21(19,20)18-16(3,4)5;1-10(2)11-6-7-13(14-12(11)8-9-19-14)20(17,18)16-15(3,4)5/h6-11,19H,1-5H3;10-12,18H,6-9H2,1-5H3;6-12,18H,1-5H3;6-11,18H,1-5H3;6-10,16H,1-5H3. The average Bonchev–Trinajstić information content (AvgIpc) is 1.54. The van der Waals surface area contributed by atoms with Crippen molar-refractivity contribution in [1.82, 2.24) is 28.6 Å². The summed E-state index contributed by atoms with van der Waals surface area (Å²) in [4.78, 5) is 5.56. The van der Waals surface area contributed by atoms with Crippen molar-refractivity contribution in [3.05, 3.63) is 178 Å². The van der Waals surface area contributed by atoms with Crippen molar-refractivity contribution in [2.24, 2.45) is 0 Å². The molecule has 5 N–H and O–H groups in total. The van der Waals surface area contributed by atoms with Crippen LogP contribution in [0.3, 0.4) is 0 Å². The Labute approximate surface area is 632 Å². The summed E-state index contributed by atoms with van der Waals surface area (Å²) in [6.45, 7) is 48.4. The first-order valence-electron chi connectivity index (χ1n) is 35.9. The minimum absolute atomic E-state index is 0.0140. The topological polar surface area (TPSA) is 244 Å². The quantitative estimate of drug-likeness (QED) is 0.0646. The van der Waals surface area contributed by atoms with Crippen molar-refractivity contribution in [2.45, 2.75) is 281 Å². The van der Waals surface area contributed by atoms with Crippen LogP contribution >= 0.6 is 11.3 Å². The second kappa shape index (κ2) is 33.8. The lowest BCUT2D eigenvalue weighted by molar-refractivity contribution is 0.489. The maximum absolute atomic E-state index is 14.4. The third kappa shape index (κ3) is 23.5. The van der Waals surface area contributed by atoms with Gasteiger partial charge in [0, 0.05) is 56.2 Å². The van der Waals surface area contributed by atoms with Gasteiger partial charge in [-0.25, -0.2) is 70.1 Å². The molecule has 0 radical (unpaired) electrons. The van der Waals surface area contributed by atoms with Crippen LogP contribution in [0, 0.1) is 5.82 Å². The van der Waals surface area contributed by atoms with Crippen LogP contribution in [0.25, 0.3) is 42.4 Å². The SMILES string of the molecule is CC(C)c1ccc(S(=O)(=O)NC(C)(C)C)c2c(F)cccc12.CC(C)c1ccc(S(=O)(=O)NC(C)(C)C)c2c1CCCC2.CC(C)c1ccc(S(=O)(=O)NC(C)(C)C)c2ccccc12.CC(C)c1ccc(S(=O)(=O)NC(C)(C)C)c2cnccc12.CC(C)c1ccc(S(=O)(=O)NC(C)(C)C)c2sccc12. The predicted molar refractivity (Wildman–Crippen MR) is 435 cm³/mol. The van der Waals surface area contributed by atoms with E-state index in [1.165, 1.54) is 45.7 Å². The molecule has 1 aliphatic rings. The Morgan fingerprint density at radius 3 is 1.12 bits per heavy atom. The third-order valence-electron chi connectivity index (χ3n) is 16.6. The summed E-state index contributed by atoms with van der Waals surface area (Å²) >= 11 is 1.48. The molecule has 0 aliphatic heterocycles. The first kappa shape index (κ1) is 87.8. The van der Waals surface area contributed by atoms with Crippen molar-refractivity contribution in [3.63, 3.8) is 0 Å². The fraction of sp³-hybridized carbons (Fsp3) is 0.476. The van der Waals surface area contributed by atoms with E-state index in [-0.39, 0.29) is 21.1 Å². The van der Waals surface area contributed by atoms with Crippen LogP contribution in [-0.4, -0.2) is 74.8 Å². The molecule has 0 amide bonds. The van der Waals surface area contributed by atoms with E-state index < -0.39 is 83.6 Å². The molecule has 0 atom stereocenters. The number of aromatic nitrogens is 1. The molecule has 2 aromatic heterocycles. The number of nitrogens with one attached hydrogen (secondary N) is 5. The van der Waals surface area contributed by atoms with Gasteiger partial charge in [-0.05, 0) is 274 Å². The van der Waals surface area contributed by atoms with Crippen LogP contribution in [0.2, 0.25) is 0 Å². The minimum Gasteiger partial charge on any atom is -0.264 e. The van der Waals surface area contributed by atoms with Gasteiger partial charge in [0.1, 0.15) is 5.82 Å². The summed E-state index contributed by atoms with van der Waals surface area (Å²) in [5.41, 5.74) is 5.43. The number of halogens is 1. The molecule has 0 saturated carbocycles. The molecule has 2 heterocycles. The molecular weight excluding hydrogens is 1440 g/mol. The van der Waals surface area contributed by atoms with E-state index in [9.17, 15) is 46.5 Å². The highest BCUT2D eigenvalue weighted by molar-refractivity contribution is 7.91. The minimum atomic E-state index is -3.80. The Kier molecular flexibility index (Phi) is 28.3. The van der Waals surface area contributed by atoms with E-state index in [0.717, 1.165) is 68.6 Å². The first-order chi connectivity index (χ1) is 48.0. The smallest absolute Gasteiger partial charge is 0.242 e. The highest BCUT2D eigenvalue weighted by atomic mass is 32.2. The van der Waals surface area contributed by atoms with Crippen LogP contribution in [-0.2, 0) is 63.0 Å². The van der Waals surface area contributed by atoms with Crippen LogP contribution in [0.5, 0.6) is 0 Å². The van der Waals surface area contributed by atoms with Gasteiger partial charge in [0.15, 0.2) is 0 Å². The summed E-state index contributed by atoms with van der Waals surface area (Å²) in [5, 5.41) is 7.19. The number of pyridine rings is 1. The van der Waals surface area contributed by atoms with Gasteiger partial charge in [-0.15, -0.1) is 11.3 Å². The van der Waals surface area contributed by atoms with Gasteiger partial charge >= 0.3 is 0 Å². The largest absolute Gasteiger partial charge is 0.264 e. The maximum Gasteiger partial charge on any atom is 0.242 e. The fourth-order valence-electron chi connectivity index (χ4n) is 12.8. The zero-order chi connectivity index (χ0) is 79.3. The van der Waals surface area contributed by atoms with E-state index >= 15 is 0 Å². The van der Waals surface area contributed by atoms with E-state index in [4.69, 9.17) is 0 Å². The van der Waals surface area contributed by atoms with Gasteiger partial charge in [-0.3, -0.25) is 4.98 Å². The van der Waals surface area contributed by atoms with Gasteiger partial charge in [0.25, 0.3) is 0 Å². The monoisotopic (exact) mass is 1550 g/mol. The normalized spacial score (nSPS) is 13.7. The molecule has 7 aromatic carbocycles. The third-order valence-corrected chi connectivity index (χ3v) is 26.8. The highest BCUT2D eigenvalue weighted by Gasteiger charge is 2.32. The molecule has 576 valence electrons. The molecule has 0 unspecified atom stereocenters. The molecular formula is C82H115FN6O10S6. The zero-order valence-corrected chi connectivity index (χ0v) is 71.2. The summed E-state index contributed by atoms with van der Waals surface area (Å²) in [7, 11) is -17.9. The van der Waals surface area contributed by atoms with Crippen LogP contribution in [0.15, 0.2) is 158 Å². The lowest BCUT2D eigenvalue weighted by atomic mass is 9.85. The molecule has 23 heteroatoms. The molecule has 0 spiro atoms. The van der Waals surface area contributed by atoms with Crippen LogP contribution in [0.4, 0.5) is 4.39 Å². The molecule has 0 bridgehead atoms. The van der Waals surface area contributed by atoms with E-state index in [1.54, 1.807) is 75.6 Å². The lowest BCUT2D eigenvalue weighted by Gasteiger charge is -2.26. The Morgan fingerprint density at radius 2 is 0.676 bits per heavy atom. The number of rotatable bonds is 15. The zero-order valence-electron chi connectivity index (χ0n) is 66.3. The molecule has 9 aromatic rings. The molecule has 105 heavy (non-hydrogen) atoms. The Hall–Kier alpha value is -6.09. The van der Waals surface area contributed by atoms with E-state index in [1.807, 2.05) is 163 Å². The molecule has 0 saturated heterocycles. The van der Waals surface area contributed by atoms with Crippen LogP contribution < -0.4 is 23.6 Å². The average molecular weight is 1560 g/mol. The molecule has 1 aliphatic carbocycles. The number of hydrogen-bond donors (Lipinski definition) is 5. The Balaban J connectivity index is 0.000000206. The number of sulfonamides is 5. The fourth-order valence-corrected chi connectivity index (χ4v) is 22.2. The number of thiophene rings is 1.